The molecule has 0 fully saturated rings. The highest BCUT2D eigenvalue weighted by Crippen LogP contribution is 2.45. The van der Waals surface area contributed by atoms with Gasteiger partial charge in [-0.2, -0.15) is 0 Å². The lowest BCUT2D eigenvalue weighted by atomic mass is 10.0. The Hall–Kier alpha value is -1.94. The number of unbranched alkanes of at least 4 members (excludes halogenated alkanes) is 42. The fourth-order valence-corrected chi connectivity index (χ4v) is 11.7. The summed E-state index contributed by atoms with van der Waals surface area (Å²) in [6.07, 6.45) is 48.8. The quantitative estimate of drug-likeness (QED) is 0.0222. The molecule has 0 aromatic carbocycles. The third-order valence-corrected chi connectivity index (χ3v) is 17.5. The largest absolute Gasteiger partial charge is 0.472 e. The van der Waals surface area contributed by atoms with Crippen molar-refractivity contribution in [2.75, 3.05) is 39.6 Å². The lowest BCUT2D eigenvalue weighted by Crippen LogP contribution is -2.30. The SMILES string of the molecule is CCCCCCCCCCCCCCCCCCCCCCC(=O)O[C@H](COC(=O)CCCCCCCCCCC)COP(=O)(O)OC[C@@H](O)COP(=O)(O)OC[C@@H](COC(=O)CCCCCCCCCC)OC(=O)CCCCCCCCCCC. The molecule has 86 heavy (non-hydrogen) atoms. The minimum atomic E-state index is -4.94. The average molecular weight is 1270 g/mol. The van der Waals surface area contributed by atoms with Crippen LogP contribution in [0.15, 0.2) is 0 Å². The fraction of sp³-hybridized carbons (Fsp3) is 0.940. The molecule has 3 N–H and O–H groups in total. The molecule has 0 heterocycles. The summed E-state index contributed by atoms with van der Waals surface area (Å²) in [5, 5.41) is 10.5. The van der Waals surface area contributed by atoms with Crippen molar-refractivity contribution in [2.24, 2.45) is 0 Å². The maximum atomic E-state index is 13.0. The number of phosphoric acid groups is 2. The first kappa shape index (κ1) is 84.1. The molecule has 0 aliphatic carbocycles. The monoisotopic (exact) mass is 1270 g/mol. The number of ether oxygens (including phenoxy) is 4. The minimum Gasteiger partial charge on any atom is -0.462 e. The lowest BCUT2D eigenvalue weighted by Gasteiger charge is -2.21. The number of esters is 4. The molecule has 5 atom stereocenters. The van der Waals surface area contributed by atoms with Crippen molar-refractivity contribution in [3.8, 4) is 0 Å². The Balaban J connectivity index is 5.11. The smallest absolute Gasteiger partial charge is 0.462 e. The van der Waals surface area contributed by atoms with E-state index >= 15 is 0 Å². The van der Waals surface area contributed by atoms with Crippen LogP contribution in [-0.2, 0) is 65.4 Å². The molecule has 0 bridgehead atoms. The predicted molar refractivity (Wildman–Crippen MR) is 345 cm³/mol. The maximum Gasteiger partial charge on any atom is 0.472 e. The van der Waals surface area contributed by atoms with Gasteiger partial charge in [0.25, 0.3) is 0 Å². The van der Waals surface area contributed by atoms with Crippen LogP contribution in [-0.4, -0.2) is 96.7 Å². The molecule has 2 unspecified atom stereocenters. The molecule has 0 aliphatic rings. The van der Waals surface area contributed by atoms with E-state index in [0.29, 0.717) is 25.7 Å². The fourth-order valence-electron chi connectivity index (χ4n) is 10.2. The second-order valence-corrected chi connectivity index (χ2v) is 27.1. The standard InChI is InChI=1S/C67H130O17P2/c1-5-9-13-17-21-25-26-27-28-29-30-31-32-33-34-35-38-42-46-50-54-67(72)84-63(58-78-65(70)52-48-44-40-36-22-18-14-10-6-2)60-82-86(75,76)80-56-61(68)55-79-85(73,74)81-59-62(57-77-64(69)51-47-43-39-24-20-16-12-8-4)83-66(71)53-49-45-41-37-23-19-15-11-7-3/h61-63,68H,5-60H2,1-4H3,(H,73,74)(H,75,76)/t61-,62+,63+/m0/s1. The molecule has 17 nitrogen and oxygen atoms in total. The van der Waals surface area contributed by atoms with Gasteiger partial charge in [-0.1, -0.05) is 297 Å². The highest BCUT2D eigenvalue weighted by atomic mass is 31.2. The third-order valence-electron chi connectivity index (χ3n) is 15.6. The van der Waals surface area contributed by atoms with Gasteiger partial charge >= 0.3 is 39.5 Å². The number of hydrogen-bond acceptors (Lipinski definition) is 15. The van der Waals surface area contributed by atoms with E-state index in [9.17, 15) is 43.2 Å². The normalized spacial score (nSPS) is 14.1. The van der Waals surface area contributed by atoms with Gasteiger partial charge in [0, 0.05) is 25.7 Å². The van der Waals surface area contributed by atoms with Crippen molar-refractivity contribution in [2.45, 2.75) is 367 Å². The van der Waals surface area contributed by atoms with Crippen molar-refractivity contribution < 1.29 is 80.2 Å². The van der Waals surface area contributed by atoms with Crippen molar-refractivity contribution in [1.82, 2.24) is 0 Å². The van der Waals surface area contributed by atoms with E-state index in [-0.39, 0.29) is 25.7 Å². The van der Waals surface area contributed by atoms with E-state index in [1.807, 2.05) is 0 Å². The molecule has 0 saturated heterocycles. The van der Waals surface area contributed by atoms with E-state index in [1.54, 1.807) is 0 Å². The van der Waals surface area contributed by atoms with E-state index in [0.717, 1.165) is 96.3 Å². The van der Waals surface area contributed by atoms with Crippen LogP contribution in [0.25, 0.3) is 0 Å². The van der Waals surface area contributed by atoms with Gasteiger partial charge < -0.3 is 33.8 Å². The Bertz CT molecular complexity index is 1650. The summed E-state index contributed by atoms with van der Waals surface area (Å²) < 4.78 is 68.0. The summed E-state index contributed by atoms with van der Waals surface area (Å²) in [5.41, 5.74) is 0. The average Bonchev–Trinajstić information content (AvgIpc) is 3.54. The summed E-state index contributed by atoms with van der Waals surface area (Å²) in [7, 11) is -9.88. The second kappa shape index (κ2) is 61.9. The van der Waals surface area contributed by atoms with Gasteiger partial charge in [-0.15, -0.1) is 0 Å². The zero-order valence-electron chi connectivity index (χ0n) is 55.3. The molecule has 0 aliphatic heterocycles. The van der Waals surface area contributed by atoms with Crippen LogP contribution in [0.1, 0.15) is 349 Å². The zero-order valence-corrected chi connectivity index (χ0v) is 57.1. The first-order valence-electron chi connectivity index (χ1n) is 35.3. The van der Waals surface area contributed by atoms with Gasteiger partial charge in [0.05, 0.1) is 26.4 Å². The van der Waals surface area contributed by atoms with E-state index in [1.165, 1.54) is 173 Å². The van der Waals surface area contributed by atoms with Crippen LogP contribution in [0, 0.1) is 0 Å². The number of aliphatic hydroxyl groups is 1. The van der Waals surface area contributed by atoms with E-state index in [2.05, 4.69) is 27.7 Å². The molecule has 0 aromatic heterocycles. The van der Waals surface area contributed by atoms with Crippen molar-refractivity contribution in [3.05, 3.63) is 0 Å². The number of carbonyl (C=O) groups is 4. The highest BCUT2D eigenvalue weighted by Gasteiger charge is 2.30. The molecule has 0 amide bonds. The molecule has 0 radical (unpaired) electrons. The zero-order chi connectivity index (χ0) is 63.3. The Labute approximate surface area is 524 Å². The van der Waals surface area contributed by atoms with Crippen LogP contribution in [0.2, 0.25) is 0 Å². The Kier molecular flexibility index (Phi) is 60.5. The topological polar surface area (TPSA) is 237 Å². The molecule has 0 rings (SSSR count). The van der Waals surface area contributed by atoms with Crippen LogP contribution in [0.4, 0.5) is 0 Å². The molecular weight excluding hydrogens is 1140 g/mol. The van der Waals surface area contributed by atoms with Crippen molar-refractivity contribution in [1.29, 1.82) is 0 Å². The van der Waals surface area contributed by atoms with Gasteiger partial charge in [0.15, 0.2) is 12.2 Å². The molecule has 0 spiro atoms. The Morgan fingerprint density at radius 3 is 0.686 bits per heavy atom. The van der Waals surface area contributed by atoms with E-state index < -0.39 is 97.5 Å². The van der Waals surface area contributed by atoms with Crippen LogP contribution in [0.5, 0.6) is 0 Å². The number of aliphatic hydroxyl groups excluding tert-OH is 1. The number of carbonyl (C=O) groups excluding carboxylic acids is 4. The third kappa shape index (κ3) is 60.9. The van der Waals surface area contributed by atoms with Crippen LogP contribution < -0.4 is 0 Å². The first-order valence-corrected chi connectivity index (χ1v) is 38.3. The van der Waals surface area contributed by atoms with Gasteiger partial charge in [-0.25, -0.2) is 9.13 Å². The summed E-state index contributed by atoms with van der Waals surface area (Å²) in [6, 6.07) is 0. The second-order valence-electron chi connectivity index (χ2n) is 24.2. The molecule has 510 valence electrons. The van der Waals surface area contributed by atoms with E-state index in [4.69, 9.17) is 37.0 Å². The first-order chi connectivity index (χ1) is 41.7. The number of rotatable bonds is 68. The number of hydrogen-bond donors (Lipinski definition) is 3. The maximum absolute atomic E-state index is 13.0. The number of phosphoric ester groups is 2. The van der Waals surface area contributed by atoms with Gasteiger partial charge in [0.1, 0.15) is 19.3 Å². The lowest BCUT2D eigenvalue weighted by molar-refractivity contribution is -0.161. The summed E-state index contributed by atoms with van der Waals surface area (Å²) in [5.74, 6) is -2.13. The molecule has 0 saturated carbocycles. The summed E-state index contributed by atoms with van der Waals surface area (Å²) in [4.78, 5) is 72.1. The summed E-state index contributed by atoms with van der Waals surface area (Å²) in [6.45, 7) is 4.86. The predicted octanol–water partition coefficient (Wildman–Crippen LogP) is 19.1. The van der Waals surface area contributed by atoms with Gasteiger partial charge in [-0.3, -0.25) is 37.3 Å². The van der Waals surface area contributed by atoms with Crippen molar-refractivity contribution >= 4 is 39.5 Å². The minimum absolute atomic E-state index is 0.106. The Morgan fingerprint density at radius 2 is 0.465 bits per heavy atom. The molecule has 0 aromatic rings. The summed E-state index contributed by atoms with van der Waals surface area (Å²) >= 11 is 0. The van der Waals surface area contributed by atoms with Gasteiger partial charge in [-0.05, 0) is 25.7 Å². The van der Waals surface area contributed by atoms with Gasteiger partial charge in [0.2, 0.25) is 0 Å². The highest BCUT2D eigenvalue weighted by molar-refractivity contribution is 7.47. The van der Waals surface area contributed by atoms with Crippen LogP contribution in [0.3, 0.4) is 0 Å². The van der Waals surface area contributed by atoms with Crippen LogP contribution >= 0.6 is 15.6 Å². The Morgan fingerprint density at radius 1 is 0.279 bits per heavy atom. The molecular formula is C67H130O17P2. The molecule has 19 heteroatoms. The van der Waals surface area contributed by atoms with Crippen molar-refractivity contribution in [3.63, 3.8) is 0 Å².